The van der Waals surface area contributed by atoms with Gasteiger partial charge in [-0.05, 0) is 106 Å². The summed E-state index contributed by atoms with van der Waals surface area (Å²) >= 11 is 0. The fourth-order valence-corrected chi connectivity index (χ4v) is 8.85. The molecule has 194 valence electrons. The highest BCUT2D eigenvalue weighted by Crippen LogP contribution is 2.67. The second-order valence-electron chi connectivity index (χ2n) is 13.2. The van der Waals surface area contributed by atoms with Crippen LogP contribution in [0.5, 0.6) is 0 Å². The summed E-state index contributed by atoms with van der Waals surface area (Å²) in [5.41, 5.74) is -0.0320. The van der Waals surface area contributed by atoms with Crippen molar-refractivity contribution >= 4 is 5.97 Å². The molecule has 0 amide bonds. The zero-order valence-electron chi connectivity index (χ0n) is 22.1. The molecular formula is C29H46F2O3. The standard InChI is InChI=1S/C29H46F2O3/c1-18(11-16-29(30,31)26(3,4)33)23-9-10-24-22-8-7-20-17-21(34-19(2)32)12-14-27(20,5)25(22)13-15-28(23,24)6/h7,18,21-25,33H,8-17H2,1-6H3/t18-,21+,22+,23-,24+,25+,27+,28-/m1/s1. The summed E-state index contributed by atoms with van der Waals surface area (Å²) in [4.78, 5) is 11.5. The number of fused-ring (bicyclic) bond motifs is 5. The smallest absolute Gasteiger partial charge is 0.302 e. The molecule has 0 radical (unpaired) electrons. The summed E-state index contributed by atoms with van der Waals surface area (Å²) < 4.78 is 34.4. The van der Waals surface area contributed by atoms with Crippen molar-refractivity contribution in [3.63, 3.8) is 0 Å². The number of alkyl halides is 2. The van der Waals surface area contributed by atoms with Gasteiger partial charge in [0.1, 0.15) is 11.7 Å². The third-order valence-electron chi connectivity index (χ3n) is 11.0. The van der Waals surface area contributed by atoms with Gasteiger partial charge >= 0.3 is 5.97 Å². The molecule has 8 atom stereocenters. The van der Waals surface area contributed by atoms with E-state index >= 15 is 0 Å². The minimum Gasteiger partial charge on any atom is -0.462 e. The fraction of sp³-hybridized carbons (Fsp3) is 0.897. The molecule has 3 fully saturated rings. The summed E-state index contributed by atoms with van der Waals surface area (Å²) in [5.74, 6) is -0.498. The number of halogens is 2. The number of esters is 1. The van der Waals surface area contributed by atoms with Gasteiger partial charge in [0.05, 0.1) is 0 Å². The number of rotatable bonds is 6. The average molecular weight is 481 g/mol. The molecule has 0 unspecified atom stereocenters. The molecule has 4 aliphatic rings. The van der Waals surface area contributed by atoms with Crippen molar-refractivity contribution < 1.29 is 23.4 Å². The number of hydrogen-bond acceptors (Lipinski definition) is 3. The van der Waals surface area contributed by atoms with Crippen LogP contribution in [-0.2, 0) is 9.53 Å². The molecule has 4 aliphatic carbocycles. The van der Waals surface area contributed by atoms with Gasteiger partial charge in [0.15, 0.2) is 0 Å². The molecule has 0 aromatic carbocycles. The third kappa shape index (κ3) is 4.37. The molecule has 0 heterocycles. The van der Waals surface area contributed by atoms with Crippen molar-refractivity contribution in [2.45, 2.75) is 123 Å². The molecule has 0 aliphatic heterocycles. The molecular weight excluding hydrogens is 434 g/mol. The largest absolute Gasteiger partial charge is 0.462 e. The van der Waals surface area contributed by atoms with Crippen molar-refractivity contribution in [2.24, 2.45) is 40.4 Å². The zero-order valence-corrected chi connectivity index (χ0v) is 22.1. The summed E-state index contributed by atoms with van der Waals surface area (Å²) in [7, 11) is 0. The van der Waals surface area contributed by atoms with Crippen LogP contribution >= 0.6 is 0 Å². The number of carbonyl (C=O) groups excluding carboxylic acids is 1. The SMILES string of the molecule is CC(=O)O[C@H]1CC[C@@]2(C)C(=CC[C@H]3[C@@H]4CC[C@H]([C@H](C)CCC(F)(F)C(C)(C)O)[C@@]4(C)CC[C@@H]32)C1. The maximum absolute atomic E-state index is 14.4. The topological polar surface area (TPSA) is 46.5 Å². The second kappa shape index (κ2) is 8.85. The number of carbonyl (C=O) groups is 1. The lowest BCUT2D eigenvalue weighted by molar-refractivity contribution is -0.168. The maximum Gasteiger partial charge on any atom is 0.302 e. The number of ether oxygens (including phenoxy) is 1. The van der Waals surface area contributed by atoms with E-state index in [1.807, 2.05) is 0 Å². The minimum atomic E-state index is -3.05. The van der Waals surface area contributed by atoms with Crippen molar-refractivity contribution in [2.75, 3.05) is 0 Å². The summed E-state index contributed by atoms with van der Waals surface area (Å²) in [6.45, 7) is 11.0. The number of hydrogen-bond donors (Lipinski definition) is 1. The van der Waals surface area contributed by atoms with Gasteiger partial charge in [-0.25, -0.2) is 8.78 Å². The molecule has 0 saturated heterocycles. The summed E-state index contributed by atoms with van der Waals surface area (Å²) in [6, 6.07) is 0. The first kappa shape index (κ1) is 26.1. The van der Waals surface area contributed by atoms with E-state index in [0.717, 1.165) is 32.1 Å². The van der Waals surface area contributed by atoms with Gasteiger partial charge < -0.3 is 9.84 Å². The van der Waals surface area contributed by atoms with Crippen LogP contribution in [0.3, 0.4) is 0 Å². The van der Waals surface area contributed by atoms with Crippen LogP contribution < -0.4 is 0 Å². The molecule has 3 nitrogen and oxygen atoms in total. The quantitative estimate of drug-likeness (QED) is 0.320. The molecule has 0 bridgehead atoms. The number of aliphatic hydroxyl groups is 1. The Kier molecular flexibility index (Phi) is 6.80. The molecule has 3 saturated carbocycles. The summed E-state index contributed by atoms with van der Waals surface area (Å²) in [6.07, 6.45) is 11.5. The lowest BCUT2D eigenvalue weighted by atomic mass is 9.47. The Hall–Kier alpha value is -0.970. The van der Waals surface area contributed by atoms with Crippen LogP contribution in [0.15, 0.2) is 11.6 Å². The average Bonchev–Trinajstić information content (AvgIpc) is 3.08. The van der Waals surface area contributed by atoms with Crippen molar-refractivity contribution in [1.82, 2.24) is 0 Å². The van der Waals surface area contributed by atoms with Crippen LogP contribution in [0.4, 0.5) is 8.78 Å². The normalized spacial score (nSPS) is 41.1. The highest BCUT2D eigenvalue weighted by molar-refractivity contribution is 5.66. The van der Waals surface area contributed by atoms with Gasteiger partial charge in [0.25, 0.3) is 5.92 Å². The Morgan fingerprint density at radius 3 is 2.53 bits per heavy atom. The van der Waals surface area contributed by atoms with E-state index in [-0.39, 0.29) is 35.2 Å². The molecule has 5 heteroatoms. The lowest BCUT2D eigenvalue weighted by Crippen LogP contribution is -2.51. The molecule has 0 aromatic heterocycles. The Morgan fingerprint density at radius 1 is 1.18 bits per heavy atom. The predicted octanol–water partition coefficient (Wildman–Crippen LogP) is 7.32. The van der Waals surface area contributed by atoms with E-state index in [4.69, 9.17) is 4.74 Å². The van der Waals surface area contributed by atoms with E-state index < -0.39 is 11.5 Å². The van der Waals surface area contributed by atoms with E-state index in [1.165, 1.54) is 45.6 Å². The van der Waals surface area contributed by atoms with Gasteiger partial charge in [-0.2, -0.15) is 0 Å². The highest BCUT2D eigenvalue weighted by atomic mass is 19.3. The first-order chi connectivity index (χ1) is 15.7. The number of allylic oxidation sites excluding steroid dienone is 1. The van der Waals surface area contributed by atoms with E-state index in [9.17, 15) is 18.7 Å². The highest BCUT2D eigenvalue weighted by Gasteiger charge is 2.59. The third-order valence-corrected chi connectivity index (χ3v) is 11.0. The fourth-order valence-electron chi connectivity index (χ4n) is 8.85. The predicted molar refractivity (Wildman–Crippen MR) is 130 cm³/mol. The molecule has 34 heavy (non-hydrogen) atoms. The zero-order chi connectivity index (χ0) is 25.1. The Bertz CT molecular complexity index is 815. The molecule has 4 rings (SSSR count). The van der Waals surface area contributed by atoms with E-state index in [0.29, 0.717) is 30.1 Å². The van der Waals surface area contributed by atoms with Crippen molar-refractivity contribution in [1.29, 1.82) is 0 Å². The van der Waals surface area contributed by atoms with Crippen molar-refractivity contribution in [3.8, 4) is 0 Å². The summed E-state index contributed by atoms with van der Waals surface area (Å²) in [5, 5.41) is 9.89. The van der Waals surface area contributed by atoms with Crippen LogP contribution in [0.25, 0.3) is 0 Å². The van der Waals surface area contributed by atoms with E-state index in [1.54, 1.807) is 0 Å². The first-order valence-electron chi connectivity index (χ1n) is 13.7. The van der Waals surface area contributed by atoms with Crippen LogP contribution in [0.1, 0.15) is 106 Å². The van der Waals surface area contributed by atoms with Crippen LogP contribution in [0.2, 0.25) is 0 Å². The Balaban J connectivity index is 1.46. The monoisotopic (exact) mass is 480 g/mol. The second-order valence-corrected chi connectivity index (χ2v) is 13.2. The Labute approximate surface area is 205 Å². The Morgan fingerprint density at radius 2 is 1.88 bits per heavy atom. The first-order valence-corrected chi connectivity index (χ1v) is 13.7. The van der Waals surface area contributed by atoms with Crippen LogP contribution in [0, 0.1) is 40.4 Å². The van der Waals surface area contributed by atoms with Gasteiger partial charge in [-0.1, -0.05) is 32.4 Å². The van der Waals surface area contributed by atoms with Crippen LogP contribution in [-0.4, -0.2) is 28.7 Å². The minimum absolute atomic E-state index is 0.0287. The van der Waals surface area contributed by atoms with Gasteiger partial charge in [-0.3, -0.25) is 4.79 Å². The van der Waals surface area contributed by atoms with Gasteiger partial charge in [0, 0.05) is 19.8 Å². The molecule has 0 aromatic rings. The van der Waals surface area contributed by atoms with E-state index in [2.05, 4.69) is 26.8 Å². The molecule has 1 N–H and O–H groups in total. The van der Waals surface area contributed by atoms with Gasteiger partial charge in [-0.15, -0.1) is 0 Å². The lowest BCUT2D eigenvalue weighted by Gasteiger charge is -2.58. The van der Waals surface area contributed by atoms with Crippen molar-refractivity contribution in [3.05, 3.63) is 11.6 Å². The van der Waals surface area contributed by atoms with Gasteiger partial charge in [0.2, 0.25) is 0 Å². The maximum atomic E-state index is 14.4. The molecule has 0 spiro atoms.